The zero-order chi connectivity index (χ0) is 12.1. The van der Waals surface area contributed by atoms with Crippen molar-refractivity contribution in [1.82, 2.24) is 4.98 Å². The molecule has 5 nitrogen and oxygen atoms in total. The molecule has 0 spiro atoms. The van der Waals surface area contributed by atoms with Gasteiger partial charge < -0.3 is 4.74 Å². The molecule has 0 fully saturated rings. The van der Waals surface area contributed by atoms with Gasteiger partial charge in [-0.1, -0.05) is 24.9 Å². The Hall–Kier alpha value is -1.36. The lowest BCUT2D eigenvalue weighted by molar-refractivity contribution is -0.386. The number of halogens is 1. The topological polar surface area (TPSA) is 65.3 Å². The second-order valence-corrected chi connectivity index (χ2v) is 3.82. The Bertz CT molecular complexity index is 384. The Kier molecular flexibility index (Phi) is 4.49. The van der Waals surface area contributed by atoms with E-state index < -0.39 is 4.92 Å². The molecule has 0 aliphatic rings. The first-order valence-electron chi connectivity index (χ1n) is 5.02. The van der Waals surface area contributed by atoms with Crippen molar-refractivity contribution in [2.45, 2.75) is 32.8 Å². The highest BCUT2D eigenvalue weighted by molar-refractivity contribution is 6.29. The van der Waals surface area contributed by atoms with Crippen LogP contribution in [-0.2, 0) is 0 Å². The molecule has 0 N–H and O–H groups in total. The van der Waals surface area contributed by atoms with Crippen LogP contribution in [0.4, 0.5) is 5.69 Å². The smallest absolute Gasteiger partial charge is 0.331 e. The summed E-state index contributed by atoms with van der Waals surface area (Å²) in [6.45, 7) is 3.86. The average Bonchev–Trinajstić information content (AvgIpc) is 2.17. The van der Waals surface area contributed by atoms with Crippen LogP contribution in [0.15, 0.2) is 12.1 Å². The Morgan fingerprint density at radius 3 is 2.88 bits per heavy atom. The largest absolute Gasteiger partial charge is 0.470 e. The first-order chi connectivity index (χ1) is 7.54. The number of rotatable bonds is 5. The quantitative estimate of drug-likeness (QED) is 0.453. The number of ether oxygens (including phenoxy) is 1. The van der Waals surface area contributed by atoms with Crippen LogP contribution in [0.5, 0.6) is 5.88 Å². The summed E-state index contributed by atoms with van der Waals surface area (Å²) in [6.07, 6.45) is 1.63. The van der Waals surface area contributed by atoms with Gasteiger partial charge in [-0.3, -0.25) is 10.1 Å². The molecule has 6 heteroatoms. The van der Waals surface area contributed by atoms with E-state index in [1.54, 1.807) is 0 Å². The van der Waals surface area contributed by atoms with Crippen LogP contribution in [-0.4, -0.2) is 16.0 Å². The van der Waals surface area contributed by atoms with Gasteiger partial charge in [0.15, 0.2) is 0 Å². The Labute approximate surface area is 98.5 Å². The van der Waals surface area contributed by atoms with Crippen molar-refractivity contribution in [3.05, 3.63) is 27.4 Å². The fraction of sp³-hybridized carbons (Fsp3) is 0.500. The normalized spacial score (nSPS) is 12.2. The van der Waals surface area contributed by atoms with Crippen molar-refractivity contribution in [2.75, 3.05) is 0 Å². The molecular formula is C10H13ClN2O3. The highest BCUT2D eigenvalue weighted by Crippen LogP contribution is 2.27. The van der Waals surface area contributed by atoms with Crippen LogP contribution in [0.2, 0.25) is 5.15 Å². The van der Waals surface area contributed by atoms with E-state index in [0.717, 1.165) is 12.8 Å². The van der Waals surface area contributed by atoms with Gasteiger partial charge in [-0.15, -0.1) is 0 Å². The highest BCUT2D eigenvalue weighted by atomic mass is 35.5. The fourth-order valence-corrected chi connectivity index (χ4v) is 1.43. The van der Waals surface area contributed by atoms with Crippen LogP contribution >= 0.6 is 11.6 Å². The van der Waals surface area contributed by atoms with E-state index in [1.165, 1.54) is 12.1 Å². The molecule has 88 valence electrons. The molecule has 1 rings (SSSR count). The van der Waals surface area contributed by atoms with E-state index in [1.807, 2.05) is 13.8 Å². The molecule has 0 aliphatic carbocycles. The van der Waals surface area contributed by atoms with Gasteiger partial charge in [-0.25, -0.2) is 0 Å². The lowest BCUT2D eigenvalue weighted by atomic mass is 10.2. The number of hydrogen-bond acceptors (Lipinski definition) is 4. The average molecular weight is 245 g/mol. The molecule has 1 unspecified atom stereocenters. The predicted octanol–water partition coefficient (Wildman–Crippen LogP) is 3.21. The van der Waals surface area contributed by atoms with E-state index in [9.17, 15) is 10.1 Å². The summed E-state index contributed by atoms with van der Waals surface area (Å²) in [5.41, 5.74) is -0.160. The third-order valence-corrected chi connectivity index (χ3v) is 2.22. The van der Waals surface area contributed by atoms with Crippen LogP contribution in [0.3, 0.4) is 0 Å². The predicted molar refractivity (Wildman–Crippen MR) is 60.9 cm³/mol. The Morgan fingerprint density at radius 1 is 1.62 bits per heavy atom. The first kappa shape index (κ1) is 12.7. The van der Waals surface area contributed by atoms with Crippen molar-refractivity contribution in [1.29, 1.82) is 0 Å². The number of pyridine rings is 1. The first-order valence-corrected chi connectivity index (χ1v) is 5.40. The molecule has 0 radical (unpaired) electrons. The standard InChI is InChI=1S/C10H13ClN2O3/c1-3-4-7(2)16-10-8(13(14)15)5-6-9(11)12-10/h5-7H,3-4H2,1-2H3. The molecule has 1 aromatic rings. The van der Waals surface area contributed by atoms with Crippen molar-refractivity contribution < 1.29 is 9.66 Å². The van der Waals surface area contributed by atoms with E-state index in [-0.39, 0.29) is 22.8 Å². The number of nitro groups is 1. The minimum Gasteiger partial charge on any atom is -0.470 e. The maximum Gasteiger partial charge on any atom is 0.331 e. The number of hydrogen-bond donors (Lipinski definition) is 0. The zero-order valence-corrected chi connectivity index (χ0v) is 9.90. The molecule has 1 heterocycles. The van der Waals surface area contributed by atoms with Gasteiger partial charge in [0.1, 0.15) is 5.15 Å². The summed E-state index contributed by atoms with van der Waals surface area (Å²) in [7, 11) is 0. The van der Waals surface area contributed by atoms with Gasteiger partial charge in [0, 0.05) is 6.07 Å². The van der Waals surface area contributed by atoms with Gasteiger partial charge in [0.2, 0.25) is 0 Å². The highest BCUT2D eigenvalue weighted by Gasteiger charge is 2.19. The Balaban J connectivity index is 2.92. The summed E-state index contributed by atoms with van der Waals surface area (Å²) in [6, 6.07) is 2.67. The molecule has 0 saturated carbocycles. The summed E-state index contributed by atoms with van der Waals surface area (Å²) >= 11 is 5.67. The van der Waals surface area contributed by atoms with Crippen molar-refractivity contribution in [3.8, 4) is 5.88 Å². The molecular weight excluding hydrogens is 232 g/mol. The minimum absolute atomic E-state index is 0.0153. The maximum absolute atomic E-state index is 10.7. The van der Waals surface area contributed by atoms with Crippen molar-refractivity contribution in [3.63, 3.8) is 0 Å². The SMILES string of the molecule is CCCC(C)Oc1nc(Cl)ccc1[N+](=O)[O-]. The van der Waals surface area contributed by atoms with Gasteiger partial charge in [0.05, 0.1) is 11.0 Å². The van der Waals surface area contributed by atoms with Crippen molar-refractivity contribution >= 4 is 17.3 Å². The fourth-order valence-electron chi connectivity index (χ4n) is 1.29. The third-order valence-electron chi connectivity index (χ3n) is 2.01. The summed E-state index contributed by atoms with van der Waals surface area (Å²) < 4.78 is 5.39. The number of aromatic nitrogens is 1. The second-order valence-electron chi connectivity index (χ2n) is 3.43. The monoisotopic (exact) mass is 244 g/mol. The Morgan fingerprint density at radius 2 is 2.31 bits per heavy atom. The molecule has 0 saturated heterocycles. The molecule has 1 atom stereocenters. The van der Waals surface area contributed by atoms with Gasteiger partial charge in [-0.05, 0) is 19.4 Å². The van der Waals surface area contributed by atoms with E-state index in [4.69, 9.17) is 16.3 Å². The lowest BCUT2D eigenvalue weighted by Gasteiger charge is -2.12. The van der Waals surface area contributed by atoms with E-state index in [2.05, 4.69) is 4.98 Å². The maximum atomic E-state index is 10.7. The summed E-state index contributed by atoms with van der Waals surface area (Å²) in [5, 5.41) is 10.9. The van der Waals surface area contributed by atoms with Gasteiger partial charge in [-0.2, -0.15) is 4.98 Å². The van der Waals surface area contributed by atoms with Crippen LogP contribution < -0.4 is 4.74 Å². The second kappa shape index (κ2) is 5.65. The van der Waals surface area contributed by atoms with Gasteiger partial charge >= 0.3 is 5.69 Å². The van der Waals surface area contributed by atoms with Crippen molar-refractivity contribution in [2.24, 2.45) is 0 Å². The van der Waals surface area contributed by atoms with Gasteiger partial charge in [0.25, 0.3) is 5.88 Å². The van der Waals surface area contributed by atoms with Crippen LogP contribution in [0, 0.1) is 10.1 Å². The van der Waals surface area contributed by atoms with Crippen LogP contribution in [0.25, 0.3) is 0 Å². The third kappa shape index (κ3) is 3.34. The molecule has 0 aliphatic heterocycles. The summed E-state index contributed by atoms with van der Waals surface area (Å²) in [4.78, 5) is 14.0. The molecule has 0 aromatic carbocycles. The van der Waals surface area contributed by atoms with E-state index in [0.29, 0.717) is 0 Å². The van der Waals surface area contributed by atoms with E-state index >= 15 is 0 Å². The molecule has 16 heavy (non-hydrogen) atoms. The molecule has 0 bridgehead atoms. The van der Waals surface area contributed by atoms with Crippen LogP contribution in [0.1, 0.15) is 26.7 Å². The molecule has 1 aromatic heterocycles. The lowest BCUT2D eigenvalue weighted by Crippen LogP contribution is -2.13. The zero-order valence-electron chi connectivity index (χ0n) is 9.14. The summed E-state index contributed by atoms with van der Waals surface area (Å²) in [5.74, 6) is -0.0153. The number of nitrogens with zero attached hydrogens (tertiary/aromatic N) is 2. The molecule has 0 amide bonds. The minimum atomic E-state index is -0.530.